The molecule has 6 heteroatoms. The second-order valence-corrected chi connectivity index (χ2v) is 5.17. The van der Waals surface area contributed by atoms with Gasteiger partial charge in [0.2, 0.25) is 0 Å². The third-order valence-electron chi connectivity index (χ3n) is 3.60. The fraction of sp³-hybridized carbons (Fsp3) is 0.467. The molecule has 1 fully saturated rings. The summed E-state index contributed by atoms with van der Waals surface area (Å²) in [6.45, 7) is 1.42. The Kier molecular flexibility index (Phi) is 4.17. The summed E-state index contributed by atoms with van der Waals surface area (Å²) in [7, 11) is 1.63. The van der Waals surface area contributed by atoms with Crippen LogP contribution in [0.1, 0.15) is 18.7 Å². The third-order valence-corrected chi connectivity index (χ3v) is 3.60. The van der Waals surface area contributed by atoms with Crippen LogP contribution in [0.25, 0.3) is 11.5 Å². The number of rotatable bonds is 7. The second-order valence-electron chi connectivity index (χ2n) is 5.17. The minimum absolute atomic E-state index is 0.152. The van der Waals surface area contributed by atoms with Crippen molar-refractivity contribution in [3.8, 4) is 17.2 Å². The summed E-state index contributed by atoms with van der Waals surface area (Å²) in [5.74, 6) is 1.95. The number of aliphatic hydroxyl groups excluding tert-OH is 1. The van der Waals surface area contributed by atoms with Crippen molar-refractivity contribution in [3.05, 3.63) is 30.1 Å². The molecule has 1 N–H and O–H groups in total. The molecule has 0 amide bonds. The van der Waals surface area contributed by atoms with E-state index in [1.54, 1.807) is 7.11 Å². The van der Waals surface area contributed by atoms with E-state index in [-0.39, 0.29) is 6.61 Å². The molecule has 0 radical (unpaired) electrons. The summed E-state index contributed by atoms with van der Waals surface area (Å²) >= 11 is 0. The van der Waals surface area contributed by atoms with Gasteiger partial charge >= 0.3 is 0 Å². The van der Waals surface area contributed by atoms with Crippen LogP contribution in [-0.4, -0.2) is 46.5 Å². The SMILES string of the molecule is COc1ccc(-c2nc(CN(CCO)C3CC3)no2)cc1. The lowest BCUT2D eigenvalue weighted by Crippen LogP contribution is -2.29. The van der Waals surface area contributed by atoms with Crippen molar-refractivity contribution in [2.24, 2.45) is 0 Å². The fourth-order valence-electron chi connectivity index (χ4n) is 2.31. The summed E-state index contributed by atoms with van der Waals surface area (Å²) in [5.41, 5.74) is 0.870. The van der Waals surface area contributed by atoms with E-state index in [0.717, 1.165) is 11.3 Å². The Balaban J connectivity index is 1.69. The second kappa shape index (κ2) is 6.24. The maximum Gasteiger partial charge on any atom is 0.257 e. The first-order valence-corrected chi connectivity index (χ1v) is 7.12. The molecular formula is C15H19N3O3. The number of aliphatic hydroxyl groups is 1. The van der Waals surface area contributed by atoms with Crippen molar-refractivity contribution in [1.29, 1.82) is 0 Å². The Morgan fingerprint density at radius 2 is 2.10 bits per heavy atom. The summed E-state index contributed by atoms with van der Waals surface area (Å²) < 4.78 is 10.4. The molecule has 2 aromatic rings. The molecule has 3 rings (SSSR count). The lowest BCUT2D eigenvalue weighted by Gasteiger charge is -2.18. The van der Waals surface area contributed by atoms with Gasteiger partial charge in [0.1, 0.15) is 5.75 Å². The van der Waals surface area contributed by atoms with Crippen molar-refractivity contribution in [2.45, 2.75) is 25.4 Å². The summed E-state index contributed by atoms with van der Waals surface area (Å²) in [5, 5.41) is 13.1. The number of hydrogen-bond donors (Lipinski definition) is 1. The monoisotopic (exact) mass is 289 g/mol. The quantitative estimate of drug-likeness (QED) is 0.836. The minimum atomic E-state index is 0.152. The van der Waals surface area contributed by atoms with E-state index in [0.29, 0.717) is 30.8 Å². The molecule has 21 heavy (non-hydrogen) atoms. The van der Waals surface area contributed by atoms with Crippen LogP contribution in [0.3, 0.4) is 0 Å². The Hall–Kier alpha value is -1.92. The zero-order valence-electron chi connectivity index (χ0n) is 12.0. The average molecular weight is 289 g/mol. The molecule has 0 bridgehead atoms. The Labute approximate surface area is 123 Å². The number of nitrogens with zero attached hydrogens (tertiary/aromatic N) is 3. The van der Waals surface area contributed by atoms with Gasteiger partial charge in [-0.25, -0.2) is 0 Å². The van der Waals surface area contributed by atoms with Crippen LogP contribution >= 0.6 is 0 Å². The van der Waals surface area contributed by atoms with Gasteiger partial charge in [0.15, 0.2) is 5.82 Å². The third kappa shape index (κ3) is 3.40. The van der Waals surface area contributed by atoms with Gasteiger partial charge in [-0.1, -0.05) is 5.16 Å². The van der Waals surface area contributed by atoms with Gasteiger partial charge in [-0.2, -0.15) is 4.98 Å². The lowest BCUT2D eigenvalue weighted by molar-refractivity contribution is 0.179. The highest BCUT2D eigenvalue weighted by Crippen LogP contribution is 2.28. The average Bonchev–Trinajstić information content (AvgIpc) is 3.27. The predicted octanol–water partition coefficient (Wildman–Crippen LogP) is 1.70. The molecule has 1 aliphatic carbocycles. The molecule has 0 saturated heterocycles. The first-order chi connectivity index (χ1) is 10.3. The van der Waals surface area contributed by atoms with Crippen LogP contribution in [0, 0.1) is 0 Å². The van der Waals surface area contributed by atoms with E-state index in [2.05, 4.69) is 15.0 Å². The summed E-state index contributed by atoms with van der Waals surface area (Å²) in [6, 6.07) is 8.06. The summed E-state index contributed by atoms with van der Waals surface area (Å²) in [6.07, 6.45) is 2.37. The maximum absolute atomic E-state index is 9.11. The van der Waals surface area contributed by atoms with Gasteiger partial charge < -0.3 is 14.4 Å². The molecule has 0 spiro atoms. The molecule has 6 nitrogen and oxygen atoms in total. The van der Waals surface area contributed by atoms with Crippen molar-refractivity contribution < 1.29 is 14.4 Å². The van der Waals surface area contributed by atoms with Crippen LogP contribution < -0.4 is 4.74 Å². The molecule has 1 heterocycles. The van der Waals surface area contributed by atoms with Crippen LogP contribution in [0.2, 0.25) is 0 Å². The van der Waals surface area contributed by atoms with E-state index in [9.17, 15) is 0 Å². The van der Waals surface area contributed by atoms with Crippen molar-refractivity contribution in [2.75, 3.05) is 20.3 Å². The number of hydrogen-bond acceptors (Lipinski definition) is 6. The van der Waals surface area contributed by atoms with Gasteiger partial charge in [-0.05, 0) is 37.1 Å². The number of ether oxygens (including phenoxy) is 1. The van der Waals surface area contributed by atoms with Gasteiger partial charge in [0, 0.05) is 18.2 Å². The highest BCUT2D eigenvalue weighted by Gasteiger charge is 2.29. The molecule has 0 aliphatic heterocycles. The standard InChI is InChI=1S/C15H19N3O3/c1-20-13-6-2-11(3-7-13)15-16-14(17-21-15)10-18(8-9-19)12-4-5-12/h2-3,6-7,12,19H,4-5,8-10H2,1H3. The molecule has 1 aliphatic rings. The predicted molar refractivity (Wildman–Crippen MR) is 76.8 cm³/mol. The van der Waals surface area contributed by atoms with E-state index in [1.165, 1.54) is 12.8 Å². The van der Waals surface area contributed by atoms with E-state index in [1.807, 2.05) is 24.3 Å². The molecule has 1 aromatic heterocycles. The Bertz CT molecular complexity index is 578. The molecule has 1 aromatic carbocycles. The van der Waals surface area contributed by atoms with Gasteiger partial charge in [-0.15, -0.1) is 0 Å². The van der Waals surface area contributed by atoms with Crippen molar-refractivity contribution in [1.82, 2.24) is 15.0 Å². The van der Waals surface area contributed by atoms with Crippen molar-refractivity contribution in [3.63, 3.8) is 0 Å². The van der Waals surface area contributed by atoms with Crippen LogP contribution in [-0.2, 0) is 6.54 Å². The zero-order valence-corrected chi connectivity index (χ0v) is 12.0. The molecule has 112 valence electrons. The normalized spacial score (nSPS) is 14.6. The highest BCUT2D eigenvalue weighted by molar-refractivity contribution is 5.54. The number of benzene rings is 1. The molecular weight excluding hydrogens is 270 g/mol. The smallest absolute Gasteiger partial charge is 0.257 e. The van der Waals surface area contributed by atoms with E-state index < -0.39 is 0 Å². The maximum atomic E-state index is 9.11. The first-order valence-electron chi connectivity index (χ1n) is 7.12. The van der Waals surface area contributed by atoms with Gasteiger partial charge in [0.05, 0.1) is 20.3 Å². The highest BCUT2D eigenvalue weighted by atomic mass is 16.5. The molecule has 0 unspecified atom stereocenters. The molecule has 0 atom stereocenters. The fourth-order valence-corrected chi connectivity index (χ4v) is 2.31. The first kappa shape index (κ1) is 14.0. The van der Waals surface area contributed by atoms with E-state index >= 15 is 0 Å². The topological polar surface area (TPSA) is 71.6 Å². The Morgan fingerprint density at radius 1 is 1.33 bits per heavy atom. The minimum Gasteiger partial charge on any atom is -0.497 e. The Morgan fingerprint density at radius 3 is 2.71 bits per heavy atom. The van der Waals surface area contributed by atoms with Crippen LogP contribution in [0.5, 0.6) is 5.75 Å². The molecule has 1 saturated carbocycles. The lowest BCUT2D eigenvalue weighted by atomic mass is 10.2. The van der Waals surface area contributed by atoms with Crippen LogP contribution in [0.15, 0.2) is 28.8 Å². The van der Waals surface area contributed by atoms with E-state index in [4.69, 9.17) is 14.4 Å². The zero-order chi connectivity index (χ0) is 14.7. The number of methoxy groups -OCH3 is 1. The van der Waals surface area contributed by atoms with Gasteiger partial charge in [-0.3, -0.25) is 4.90 Å². The van der Waals surface area contributed by atoms with Gasteiger partial charge in [0.25, 0.3) is 5.89 Å². The summed E-state index contributed by atoms with van der Waals surface area (Å²) in [4.78, 5) is 6.62. The number of aromatic nitrogens is 2. The largest absolute Gasteiger partial charge is 0.497 e. The van der Waals surface area contributed by atoms with Crippen molar-refractivity contribution >= 4 is 0 Å². The van der Waals surface area contributed by atoms with Crippen LogP contribution in [0.4, 0.5) is 0 Å².